The summed E-state index contributed by atoms with van der Waals surface area (Å²) in [6.45, 7) is 4.47. The largest absolute Gasteiger partial charge is 0.321 e. The molecule has 0 fully saturated rings. The van der Waals surface area contributed by atoms with Crippen molar-refractivity contribution >= 4 is 38.3 Å². The monoisotopic (exact) mass is 399 g/mol. The molecular formula is C19H18BrN3O2. The Labute approximate surface area is 153 Å². The summed E-state index contributed by atoms with van der Waals surface area (Å²) in [7, 11) is 0. The van der Waals surface area contributed by atoms with Crippen molar-refractivity contribution in [3.63, 3.8) is 0 Å². The van der Waals surface area contributed by atoms with Crippen LogP contribution in [0.25, 0.3) is 10.8 Å². The number of amides is 1. The summed E-state index contributed by atoms with van der Waals surface area (Å²) in [6, 6.07) is 14.4. The molecule has 0 unspecified atom stereocenters. The Balaban J connectivity index is 2.09. The lowest BCUT2D eigenvalue weighted by Crippen LogP contribution is -2.29. The van der Waals surface area contributed by atoms with E-state index in [0.29, 0.717) is 23.0 Å². The molecule has 0 saturated heterocycles. The fraction of sp³-hybridized carbons (Fsp3) is 0.211. The van der Waals surface area contributed by atoms with E-state index >= 15 is 0 Å². The lowest BCUT2D eigenvalue weighted by molar-refractivity contribution is 0.102. The van der Waals surface area contributed by atoms with Crippen molar-refractivity contribution in [1.29, 1.82) is 0 Å². The second-order valence-electron chi connectivity index (χ2n) is 6.24. The average Bonchev–Trinajstić information content (AvgIpc) is 2.57. The molecule has 0 radical (unpaired) electrons. The van der Waals surface area contributed by atoms with Crippen LogP contribution in [0.4, 0.5) is 5.69 Å². The van der Waals surface area contributed by atoms with Crippen LogP contribution in [0.3, 0.4) is 0 Å². The van der Waals surface area contributed by atoms with Gasteiger partial charge in [0, 0.05) is 22.1 Å². The minimum absolute atomic E-state index is 0.177. The molecule has 0 spiro atoms. The minimum Gasteiger partial charge on any atom is -0.321 e. The smallest absolute Gasteiger partial charge is 0.276 e. The van der Waals surface area contributed by atoms with Gasteiger partial charge in [-0.05, 0) is 30.2 Å². The summed E-state index contributed by atoms with van der Waals surface area (Å²) in [5, 5.41) is 8.24. The van der Waals surface area contributed by atoms with E-state index < -0.39 is 0 Å². The summed E-state index contributed by atoms with van der Waals surface area (Å²) in [4.78, 5) is 25.4. The fourth-order valence-electron chi connectivity index (χ4n) is 2.63. The van der Waals surface area contributed by atoms with E-state index in [9.17, 15) is 9.59 Å². The maximum Gasteiger partial charge on any atom is 0.276 e. The third-order valence-electron chi connectivity index (χ3n) is 3.70. The molecule has 1 heterocycles. The molecule has 25 heavy (non-hydrogen) atoms. The number of benzene rings is 2. The third-order valence-corrected chi connectivity index (χ3v) is 4.20. The molecule has 1 aromatic heterocycles. The highest BCUT2D eigenvalue weighted by Crippen LogP contribution is 2.18. The predicted molar refractivity (Wildman–Crippen MR) is 103 cm³/mol. The molecule has 3 aromatic rings. The van der Waals surface area contributed by atoms with E-state index in [1.54, 1.807) is 30.3 Å². The van der Waals surface area contributed by atoms with Crippen LogP contribution in [0.2, 0.25) is 0 Å². The highest BCUT2D eigenvalue weighted by atomic mass is 79.9. The second-order valence-corrected chi connectivity index (χ2v) is 7.16. The molecule has 0 aliphatic heterocycles. The van der Waals surface area contributed by atoms with Crippen molar-refractivity contribution in [3.05, 3.63) is 69.1 Å². The maximum absolute atomic E-state index is 12.8. The number of hydrogen-bond donors (Lipinski definition) is 1. The third kappa shape index (κ3) is 3.79. The molecule has 0 aliphatic rings. The first-order chi connectivity index (χ1) is 12.0. The van der Waals surface area contributed by atoms with Gasteiger partial charge in [-0.1, -0.05) is 54.0 Å². The summed E-state index contributed by atoms with van der Waals surface area (Å²) in [6.07, 6.45) is 0. The molecule has 2 aromatic carbocycles. The van der Waals surface area contributed by atoms with Gasteiger partial charge in [0.15, 0.2) is 5.69 Å². The molecule has 0 aliphatic carbocycles. The van der Waals surface area contributed by atoms with Crippen molar-refractivity contribution in [3.8, 4) is 0 Å². The Morgan fingerprint density at radius 3 is 2.56 bits per heavy atom. The van der Waals surface area contributed by atoms with E-state index in [-0.39, 0.29) is 23.1 Å². The number of carbonyl (C=O) groups is 1. The summed E-state index contributed by atoms with van der Waals surface area (Å²) in [5.41, 5.74) is 0.728. The number of anilines is 1. The Morgan fingerprint density at radius 1 is 1.16 bits per heavy atom. The van der Waals surface area contributed by atoms with Crippen LogP contribution in [0.15, 0.2) is 57.8 Å². The molecule has 5 nitrogen and oxygen atoms in total. The number of nitrogens with one attached hydrogen (secondary N) is 1. The number of nitrogens with zero attached hydrogens (tertiary/aromatic N) is 2. The Kier molecular flexibility index (Phi) is 4.99. The number of halogens is 1. The van der Waals surface area contributed by atoms with Gasteiger partial charge in [-0.15, -0.1) is 0 Å². The standard InChI is InChI=1S/C19H18BrN3O2/c1-12(2)11-23-19(25)16-9-4-3-8-15(16)17(22-23)18(24)21-14-7-5-6-13(20)10-14/h3-10,12H,11H2,1-2H3,(H,21,24). The fourth-order valence-corrected chi connectivity index (χ4v) is 3.03. The van der Waals surface area contributed by atoms with Gasteiger partial charge < -0.3 is 5.32 Å². The normalized spacial score (nSPS) is 11.0. The lowest BCUT2D eigenvalue weighted by atomic mass is 10.1. The van der Waals surface area contributed by atoms with Crippen molar-refractivity contribution in [1.82, 2.24) is 9.78 Å². The molecule has 0 saturated carbocycles. The molecule has 6 heteroatoms. The van der Waals surface area contributed by atoms with Crippen LogP contribution in [-0.4, -0.2) is 15.7 Å². The summed E-state index contributed by atoms with van der Waals surface area (Å²) < 4.78 is 2.25. The highest BCUT2D eigenvalue weighted by molar-refractivity contribution is 9.10. The molecule has 3 rings (SSSR count). The predicted octanol–water partition coefficient (Wildman–Crippen LogP) is 4.07. The first-order valence-corrected chi connectivity index (χ1v) is 8.82. The molecule has 1 N–H and O–H groups in total. The molecule has 0 atom stereocenters. The maximum atomic E-state index is 12.8. The number of aromatic nitrogens is 2. The average molecular weight is 400 g/mol. The topological polar surface area (TPSA) is 64.0 Å². The quantitative estimate of drug-likeness (QED) is 0.718. The van der Waals surface area contributed by atoms with Crippen LogP contribution in [0.1, 0.15) is 24.3 Å². The van der Waals surface area contributed by atoms with E-state index in [0.717, 1.165) is 4.47 Å². The van der Waals surface area contributed by atoms with E-state index in [4.69, 9.17) is 0 Å². The first-order valence-electron chi connectivity index (χ1n) is 8.02. The minimum atomic E-state index is -0.341. The van der Waals surface area contributed by atoms with Gasteiger partial charge in [0.05, 0.1) is 5.39 Å². The van der Waals surface area contributed by atoms with E-state index in [1.165, 1.54) is 4.68 Å². The zero-order valence-corrected chi connectivity index (χ0v) is 15.6. The van der Waals surface area contributed by atoms with Crippen LogP contribution >= 0.6 is 15.9 Å². The summed E-state index contributed by atoms with van der Waals surface area (Å²) >= 11 is 3.38. The van der Waals surface area contributed by atoms with Gasteiger partial charge in [-0.25, -0.2) is 4.68 Å². The van der Waals surface area contributed by atoms with Crippen LogP contribution in [0, 0.1) is 5.92 Å². The lowest BCUT2D eigenvalue weighted by Gasteiger charge is -2.12. The zero-order valence-electron chi connectivity index (χ0n) is 14.0. The van der Waals surface area contributed by atoms with Crippen molar-refractivity contribution in [2.75, 3.05) is 5.32 Å². The Morgan fingerprint density at radius 2 is 1.88 bits per heavy atom. The van der Waals surface area contributed by atoms with Crippen molar-refractivity contribution < 1.29 is 4.79 Å². The molecular weight excluding hydrogens is 382 g/mol. The number of carbonyl (C=O) groups excluding carboxylic acids is 1. The van der Waals surface area contributed by atoms with Gasteiger partial charge in [0.1, 0.15) is 0 Å². The highest BCUT2D eigenvalue weighted by Gasteiger charge is 2.17. The van der Waals surface area contributed by atoms with Crippen LogP contribution in [-0.2, 0) is 6.54 Å². The van der Waals surface area contributed by atoms with E-state index in [2.05, 4.69) is 26.3 Å². The van der Waals surface area contributed by atoms with Gasteiger partial charge in [0.2, 0.25) is 0 Å². The zero-order chi connectivity index (χ0) is 18.0. The molecule has 128 valence electrons. The van der Waals surface area contributed by atoms with Crippen molar-refractivity contribution in [2.45, 2.75) is 20.4 Å². The number of fused-ring (bicyclic) bond motifs is 1. The van der Waals surface area contributed by atoms with Gasteiger partial charge in [-0.2, -0.15) is 5.10 Å². The Hall–Kier alpha value is -2.47. The van der Waals surface area contributed by atoms with Gasteiger partial charge in [0.25, 0.3) is 11.5 Å². The second kappa shape index (κ2) is 7.19. The molecule has 1 amide bonds. The van der Waals surface area contributed by atoms with Gasteiger partial charge in [-0.3, -0.25) is 9.59 Å². The number of rotatable bonds is 4. The van der Waals surface area contributed by atoms with Crippen LogP contribution < -0.4 is 10.9 Å². The van der Waals surface area contributed by atoms with Gasteiger partial charge >= 0.3 is 0 Å². The molecule has 0 bridgehead atoms. The van der Waals surface area contributed by atoms with Crippen LogP contribution in [0.5, 0.6) is 0 Å². The summed E-state index contributed by atoms with van der Waals surface area (Å²) in [5.74, 6) is -0.0980. The first kappa shape index (κ1) is 17.4. The Bertz CT molecular complexity index is 995. The van der Waals surface area contributed by atoms with E-state index in [1.807, 2.05) is 32.0 Å². The van der Waals surface area contributed by atoms with Crippen molar-refractivity contribution in [2.24, 2.45) is 5.92 Å². The SMILES string of the molecule is CC(C)Cn1nc(C(=O)Nc2cccc(Br)c2)c2ccccc2c1=O. The number of hydrogen-bond acceptors (Lipinski definition) is 3.